The Kier molecular flexibility index (Phi) is 3.75. The van der Waals surface area contributed by atoms with Crippen molar-refractivity contribution in [3.63, 3.8) is 0 Å². The molecule has 4 rings (SSSR count). The van der Waals surface area contributed by atoms with Gasteiger partial charge in [0, 0.05) is 12.0 Å². The molecule has 0 atom stereocenters. The zero-order valence-corrected chi connectivity index (χ0v) is 12.8. The second kappa shape index (κ2) is 6.08. The molecule has 0 spiro atoms. The van der Waals surface area contributed by atoms with Crippen LogP contribution in [0.15, 0.2) is 33.3 Å². The molecule has 0 saturated heterocycles. The maximum Gasteiger partial charge on any atom is 0.257 e. The normalized spacial score (nSPS) is 13.8. The Bertz CT molecular complexity index is 913. The average molecular weight is 346 g/mol. The molecule has 2 heterocycles. The smallest absolute Gasteiger partial charge is 0.257 e. The van der Waals surface area contributed by atoms with Crippen molar-refractivity contribution >= 4 is 5.91 Å². The van der Waals surface area contributed by atoms with E-state index in [0.29, 0.717) is 11.6 Å². The Hall–Kier alpha value is -3.10. The van der Waals surface area contributed by atoms with Gasteiger partial charge < -0.3 is 14.4 Å². The molecule has 2 aromatic heterocycles. The summed E-state index contributed by atoms with van der Waals surface area (Å²) in [7, 11) is 0. The first-order valence-electron chi connectivity index (χ1n) is 7.63. The highest BCUT2D eigenvalue weighted by molar-refractivity contribution is 5.94. The Morgan fingerprint density at radius 2 is 1.96 bits per heavy atom. The van der Waals surface area contributed by atoms with Crippen LogP contribution < -0.4 is 5.32 Å². The van der Waals surface area contributed by atoms with Crippen LogP contribution in [0.4, 0.5) is 8.78 Å². The summed E-state index contributed by atoms with van der Waals surface area (Å²) in [5.74, 6) is -1.31. The number of benzene rings is 1. The highest BCUT2D eigenvalue weighted by Crippen LogP contribution is 2.40. The number of carbonyl (C=O) groups is 1. The fraction of sp³-hybridized carbons (Fsp3) is 0.250. The molecule has 128 valence electrons. The fourth-order valence-corrected chi connectivity index (χ4v) is 2.34. The SMILES string of the molecule is O=C(NCc1nc(-c2cc(C3CC3)on2)no1)c1c(F)cccc1F. The zero-order chi connectivity index (χ0) is 17.4. The van der Waals surface area contributed by atoms with Crippen LogP contribution in [0.2, 0.25) is 0 Å². The predicted molar refractivity (Wildman–Crippen MR) is 79.3 cm³/mol. The third kappa shape index (κ3) is 3.12. The van der Waals surface area contributed by atoms with Crippen LogP contribution in [-0.2, 0) is 6.54 Å². The van der Waals surface area contributed by atoms with Gasteiger partial charge in [-0.3, -0.25) is 4.79 Å². The van der Waals surface area contributed by atoms with Crippen LogP contribution >= 0.6 is 0 Å². The van der Waals surface area contributed by atoms with Crippen LogP contribution in [0.25, 0.3) is 11.5 Å². The maximum absolute atomic E-state index is 13.6. The molecular formula is C16H12F2N4O3. The highest BCUT2D eigenvalue weighted by Gasteiger charge is 2.28. The molecule has 1 aliphatic rings. The van der Waals surface area contributed by atoms with E-state index in [1.54, 1.807) is 6.07 Å². The standard InChI is InChI=1S/C16H12F2N4O3/c17-9-2-1-3-10(18)14(9)16(23)19-7-13-20-15(22-25-13)11-6-12(24-21-11)8-4-5-8/h1-3,6,8H,4-5,7H2,(H,19,23). The third-order valence-electron chi connectivity index (χ3n) is 3.80. The summed E-state index contributed by atoms with van der Waals surface area (Å²) in [6.45, 7) is -0.174. The van der Waals surface area contributed by atoms with Crippen molar-refractivity contribution in [3.8, 4) is 11.5 Å². The van der Waals surface area contributed by atoms with Crippen LogP contribution in [-0.4, -0.2) is 21.2 Å². The minimum absolute atomic E-state index is 0.0797. The van der Waals surface area contributed by atoms with Gasteiger partial charge in [0.15, 0.2) is 5.69 Å². The number of nitrogens with zero attached hydrogens (tertiary/aromatic N) is 3. The van der Waals surface area contributed by atoms with Gasteiger partial charge in [0.25, 0.3) is 5.91 Å². The molecule has 3 aromatic rings. The lowest BCUT2D eigenvalue weighted by molar-refractivity contribution is 0.0938. The van der Waals surface area contributed by atoms with Crippen molar-refractivity contribution in [2.75, 3.05) is 0 Å². The van der Waals surface area contributed by atoms with Crippen molar-refractivity contribution in [2.24, 2.45) is 0 Å². The van der Waals surface area contributed by atoms with E-state index < -0.39 is 23.1 Å². The largest absolute Gasteiger partial charge is 0.360 e. The maximum atomic E-state index is 13.6. The van der Waals surface area contributed by atoms with Gasteiger partial charge in [-0.05, 0) is 25.0 Å². The molecule has 7 nitrogen and oxygen atoms in total. The summed E-state index contributed by atoms with van der Waals surface area (Å²) in [5.41, 5.74) is -0.226. The average Bonchev–Trinajstić information content (AvgIpc) is 3.13. The molecule has 1 saturated carbocycles. The molecule has 1 fully saturated rings. The summed E-state index contributed by atoms with van der Waals surface area (Å²) in [5, 5.41) is 9.97. The molecule has 25 heavy (non-hydrogen) atoms. The Balaban J connectivity index is 1.43. The van der Waals surface area contributed by atoms with E-state index in [-0.39, 0.29) is 18.3 Å². The van der Waals surface area contributed by atoms with E-state index in [1.807, 2.05) is 0 Å². The molecule has 1 amide bonds. The van der Waals surface area contributed by atoms with Crippen LogP contribution in [0.1, 0.15) is 40.8 Å². The van der Waals surface area contributed by atoms with Gasteiger partial charge in [-0.25, -0.2) is 8.78 Å². The van der Waals surface area contributed by atoms with E-state index in [9.17, 15) is 13.6 Å². The van der Waals surface area contributed by atoms with Gasteiger partial charge in [0.05, 0.1) is 6.54 Å². The summed E-state index contributed by atoms with van der Waals surface area (Å²) in [6, 6.07) is 4.94. The first-order valence-corrected chi connectivity index (χ1v) is 7.63. The van der Waals surface area contributed by atoms with Crippen molar-refractivity contribution in [3.05, 3.63) is 53.1 Å². The van der Waals surface area contributed by atoms with Crippen molar-refractivity contribution in [1.82, 2.24) is 20.6 Å². The van der Waals surface area contributed by atoms with Crippen molar-refractivity contribution in [2.45, 2.75) is 25.3 Å². The van der Waals surface area contributed by atoms with E-state index in [4.69, 9.17) is 9.05 Å². The Morgan fingerprint density at radius 1 is 1.20 bits per heavy atom. The second-order valence-electron chi connectivity index (χ2n) is 5.68. The first-order chi connectivity index (χ1) is 12.1. The molecule has 0 bridgehead atoms. The fourth-order valence-electron chi connectivity index (χ4n) is 2.34. The first kappa shape index (κ1) is 15.4. The molecule has 1 aliphatic carbocycles. The number of halogens is 2. The Morgan fingerprint density at radius 3 is 2.68 bits per heavy atom. The predicted octanol–water partition coefficient (Wildman–Crippen LogP) is 2.81. The number of carbonyl (C=O) groups excluding carboxylic acids is 1. The summed E-state index contributed by atoms with van der Waals surface area (Å²) < 4.78 is 37.3. The quantitative estimate of drug-likeness (QED) is 0.763. The van der Waals surface area contributed by atoms with Crippen molar-refractivity contribution < 1.29 is 22.6 Å². The molecule has 0 unspecified atom stereocenters. The van der Waals surface area contributed by atoms with Gasteiger partial charge >= 0.3 is 0 Å². The third-order valence-corrected chi connectivity index (χ3v) is 3.80. The van der Waals surface area contributed by atoms with Gasteiger partial charge in [-0.2, -0.15) is 4.98 Å². The lowest BCUT2D eigenvalue weighted by atomic mass is 10.2. The number of aromatic nitrogens is 3. The summed E-state index contributed by atoms with van der Waals surface area (Å²) in [6.07, 6.45) is 2.15. The number of hydrogen-bond acceptors (Lipinski definition) is 6. The Labute approximate surface area is 140 Å². The monoisotopic (exact) mass is 346 g/mol. The number of amides is 1. The minimum Gasteiger partial charge on any atom is -0.360 e. The van der Waals surface area contributed by atoms with Crippen LogP contribution in [0, 0.1) is 11.6 Å². The highest BCUT2D eigenvalue weighted by atomic mass is 19.1. The molecule has 9 heteroatoms. The molecule has 0 aliphatic heterocycles. The van der Waals surface area contributed by atoms with E-state index in [0.717, 1.165) is 30.7 Å². The van der Waals surface area contributed by atoms with Crippen molar-refractivity contribution in [1.29, 1.82) is 0 Å². The zero-order valence-electron chi connectivity index (χ0n) is 12.8. The summed E-state index contributed by atoms with van der Waals surface area (Å²) in [4.78, 5) is 16.0. The van der Waals surface area contributed by atoms with Gasteiger partial charge in [-0.1, -0.05) is 16.4 Å². The minimum atomic E-state index is -0.945. The van der Waals surface area contributed by atoms with E-state index >= 15 is 0 Å². The molecule has 1 aromatic carbocycles. The van der Waals surface area contributed by atoms with E-state index in [2.05, 4.69) is 20.6 Å². The molecular weight excluding hydrogens is 334 g/mol. The lowest BCUT2D eigenvalue weighted by Crippen LogP contribution is -2.25. The van der Waals surface area contributed by atoms with E-state index in [1.165, 1.54) is 6.07 Å². The number of rotatable bonds is 5. The van der Waals surface area contributed by atoms with Gasteiger partial charge in [-0.15, -0.1) is 0 Å². The topological polar surface area (TPSA) is 94.1 Å². The molecule has 0 radical (unpaired) electrons. The number of hydrogen-bond donors (Lipinski definition) is 1. The lowest BCUT2D eigenvalue weighted by Gasteiger charge is -2.04. The number of nitrogens with one attached hydrogen (secondary N) is 1. The molecule has 1 N–H and O–H groups in total. The van der Waals surface area contributed by atoms with Gasteiger partial charge in [0.2, 0.25) is 11.7 Å². The van der Waals surface area contributed by atoms with Crippen LogP contribution in [0.3, 0.4) is 0 Å². The second-order valence-corrected chi connectivity index (χ2v) is 5.68. The van der Waals surface area contributed by atoms with Gasteiger partial charge in [0.1, 0.15) is 23.0 Å². The summed E-state index contributed by atoms with van der Waals surface area (Å²) >= 11 is 0. The van der Waals surface area contributed by atoms with Crippen LogP contribution in [0.5, 0.6) is 0 Å².